The van der Waals surface area contributed by atoms with Gasteiger partial charge in [-0.2, -0.15) is 0 Å². The number of halogens is 2. The van der Waals surface area contributed by atoms with E-state index in [1.807, 2.05) is 0 Å². The van der Waals surface area contributed by atoms with E-state index >= 15 is 0 Å². The Balaban J connectivity index is 2.73. The fraction of sp³-hybridized carbons (Fsp3) is 0.200. The summed E-state index contributed by atoms with van der Waals surface area (Å²) in [5.74, 6) is -1.21. The Labute approximate surface area is 85.4 Å². The molecule has 0 N–H and O–H groups in total. The standard InChI is InChI=1S/C10H7ClFNO/c1-5-4-13-9-6(11)2-3-7(12)8(9)10(5)14/h2-5H,1H3. The zero-order valence-electron chi connectivity index (χ0n) is 7.42. The van der Waals surface area contributed by atoms with Crippen molar-refractivity contribution in [3.8, 4) is 0 Å². The lowest BCUT2D eigenvalue weighted by atomic mass is 9.96. The van der Waals surface area contributed by atoms with Gasteiger partial charge >= 0.3 is 0 Å². The first-order chi connectivity index (χ1) is 6.61. The van der Waals surface area contributed by atoms with Crippen molar-refractivity contribution in [1.29, 1.82) is 0 Å². The van der Waals surface area contributed by atoms with Crippen LogP contribution in [0.25, 0.3) is 0 Å². The summed E-state index contributed by atoms with van der Waals surface area (Å²) in [5, 5.41) is 0.304. The topological polar surface area (TPSA) is 29.4 Å². The van der Waals surface area contributed by atoms with Gasteiger partial charge < -0.3 is 0 Å². The SMILES string of the molecule is CC1C=Nc2c(Cl)ccc(F)c2C1=O. The monoisotopic (exact) mass is 211 g/mol. The predicted molar refractivity (Wildman–Crippen MR) is 53.1 cm³/mol. The molecule has 0 radical (unpaired) electrons. The minimum atomic E-state index is -0.557. The second-order valence-electron chi connectivity index (χ2n) is 3.18. The summed E-state index contributed by atoms with van der Waals surface area (Å²) >= 11 is 5.79. The number of carbonyl (C=O) groups is 1. The molecule has 0 saturated carbocycles. The number of carbonyl (C=O) groups excluding carboxylic acids is 1. The molecule has 0 aliphatic carbocycles. The highest BCUT2D eigenvalue weighted by Crippen LogP contribution is 2.34. The molecule has 0 fully saturated rings. The second-order valence-corrected chi connectivity index (χ2v) is 3.59. The molecule has 1 aliphatic heterocycles. The van der Waals surface area contributed by atoms with Crippen molar-refractivity contribution >= 4 is 29.3 Å². The Morgan fingerprint density at radius 2 is 2.21 bits per heavy atom. The molecule has 1 aromatic carbocycles. The normalized spacial score (nSPS) is 19.6. The van der Waals surface area contributed by atoms with Gasteiger partial charge in [-0.3, -0.25) is 9.79 Å². The number of nitrogens with zero attached hydrogens (tertiary/aromatic N) is 1. The number of hydrogen-bond donors (Lipinski definition) is 0. The number of benzene rings is 1. The van der Waals surface area contributed by atoms with Gasteiger partial charge in [0.05, 0.1) is 22.2 Å². The molecule has 2 rings (SSSR count). The van der Waals surface area contributed by atoms with E-state index in [0.717, 1.165) is 0 Å². The molecule has 1 aliphatic rings. The van der Waals surface area contributed by atoms with Crippen LogP contribution < -0.4 is 0 Å². The van der Waals surface area contributed by atoms with Crippen LogP contribution in [0.3, 0.4) is 0 Å². The lowest BCUT2D eigenvalue weighted by Crippen LogP contribution is -2.18. The average molecular weight is 212 g/mol. The summed E-state index contributed by atoms with van der Waals surface area (Å²) in [6, 6.07) is 2.59. The van der Waals surface area contributed by atoms with Crippen molar-refractivity contribution in [3.63, 3.8) is 0 Å². The Bertz CT molecular complexity index is 442. The van der Waals surface area contributed by atoms with Crippen LogP contribution in [0.1, 0.15) is 17.3 Å². The van der Waals surface area contributed by atoms with Gasteiger partial charge in [-0.05, 0) is 12.1 Å². The maximum absolute atomic E-state index is 13.3. The zero-order chi connectivity index (χ0) is 10.3. The van der Waals surface area contributed by atoms with Crippen molar-refractivity contribution in [2.75, 3.05) is 0 Å². The van der Waals surface area contributed by atoms with Crippen LogP contribution in [0, 0.1) is 11.7 Å². The molecule has 1 heterocycles. The molecule has 1 atom stereocenters. The molecule has 0 amide bonds. The molecule has 0 saturated heterocycles. The number of fused-ring (bicyclic) bond motifs is 1. The highest BCUT2D eigenvalue weighted by Gasteiger charge is 2.26. The van der Waals surface area contributed by atoms with Gasteiger partial charge in [0.2, 0.25) is 0 Å². The van der Waals surface area contributed by atoms with E-state index in [0.29, 0.717) is 5.02 Å². The minimum Gasteiger partial charge on any atom is -0.293 e. The van der Waals surface area contributed by atoms with Crippen molar-refractivity contribution in [3.05, 3.63) is 28.5 Å². The zero-order valence-corrected chi connectivity index (χ0v) is 8.18. The van der Waals surface area contributed by atoms with Gasteiger partial charge in [0, 0.05) is 6.21 Å². The third kappa shape index (κ3) is 1.24. The van der Waals surface area contributed by atoms with Crippen molar-refractivity contribution < 1.29 is 9.18 Å². The molecule has 1 aromatic rings. The average Bonchev–Trinajstić information content (AvgIpc) is 2.16. The maximum Gasteiger partial charge on any atom is 0.176 e. The fourth-order valence-corrected chi connectivity index (χ4v) is 1.59. The minimum absolute atomic E-state index is 0.00694. The lowest BCUT2D eigenvalue weighted by Gasteiger charge is -2.15. The first kappa shape index (κ1) is 9.34. The quantitative estimate of drug-likeness (QED) is 0.649. The van der Waals surface area contributed by atoms with Crippen molar-refractivity contribution in [1.82, 2.24) is 0 Å². The number of hydrogen-bond acceptors (Lipinski definition) is 2. The number of ketones is 1. The molecule has 14 heavy (non-hydrogen) atoms. The summed E-state index contributed by atoms with van der Waals surface area (Å²) in [6.07, 6.45) is 1.48. The Morgan fingerprint density at radius 1 is 1.50 bits per heavy atom. The Hall–Kier alpha value is -1.22. The van der Waals surface area contributed by atoms with E-state index in [1.165, 1.54) is 18.3 Å². The molecule has 1 unspecified atom stereocenters. The largest absolute Gasteiger partial charge is 0.293 e. The number of Topliss-reactive ketones (excluding diaryl/α,β-unsaturated/α-hetero) is 1. The fourth-order valence-electron chi connectivity index (χ4n) is 1.38. The third-order valence-electron chi connectivity index (χ3n) is 2.17. The highest BCUT2D eigenvalue weighted by molar-refractivity contribution is 6.34. The van der Waals surface area contributed by atoms with Gasteiger partial charge in [0.1, 0.15) is 5.82 Å². The first-order valence-electron chi connectivity index (χ1n) is 4.17. The van der Waals surface area contributed by atoms with Crippen LogP contribution in [0.4, 0.5) is 10.1 Å². The summed E-state index contributed by atoms with van der Waals surface area (Å²) in [5.41, 5.74) is 0.252. The molecule has 0 bridgehead atoms. The highest BCUT2D eigenvalue weighted by atomic mass is 35.5. The van der Waals surface area contributed by atoms with Crippen LogP contribution in [0.2, 0.25) is 5.02 Å². The summed E-state index contributed by atoms with van der Waals surface area (Å²) in [6.45, 7) is 1.68. The molecular formula is C10H7ClFNO. The van der Waals surface area contributed by atoms with Crippen molar-refractivity contribution in [2.45, 2.75) is 6.92 Å². The van der Waals surface area contributed by atoms with Crippen LogP contribution in [-0.2, 0) is 0 Å². The van der Waals surface area contributed by atoms with Gasteiger partial charge in [-0.1, -0.05) is 18.5 Å². The van der Waals surface area contributed by atoms with Gasteiger partial charge in [0.15, 0.2) is 5.78 Å². The third-order valence-corrected chi connectivity index (χ3v) is 2.47. The molecular weight excluding hydrogens is 205 g/mol. The molecule has 0 spiro atoms. The number of aliphatic imine (C=N–C) groups is 1. The van der Waals surface area contributed by atoms with E-state index in [1.54, 1.807) is 6.92 Å². The van der Waals surface area contributed by atoms with E-state index in [4.69, 9.17) is 11.6 Å². The summed E-state index contributed by atoms with van der Waals surface area (Å²) in [7, 11) is 0. The maximum atomic E-state index is 13.3. The van der Waals surface area contributed by atoms with Gasteiger partial charge in [-0.15, -0.1) is 0 Å². The van der Waals surface area contributed by atoms with Crippen LogP contribution in [0.15, 0.2) is 17.1 Å². The van der Waals surface area contributed by atoms with Crippen LogP contribution in [-0.4, -0.2) is 12.0 Å². The van der Waals surface area contributed by atoms with Crippen LogP contribution in [0.5, 0.6) is 0 Å². The van der Waals surface area contributed by atoms with E-state index in [9.17, 15) is 9.18 Å². The lowest BCUT2D eigenvalue weighted by molar-refractivity contribution is 0.0958. The van der Waals surface area contributed by atoms with E-state index in [-0.39, 0.29) is 23.0 Å². The molecule has 0 aromatic heterocycles. The summed E-state index contributed by atoms with van der Waals surface area (Å²) in [4.78, 5) is 15.6. The Kier molecular flexibility index (Phi) is 2.11. The molecule has 72 valence electrons. The van der Waals surface area contributed by atoms with Gasteiger partial charge in [0.25, 0.3) is 0 Å². The molecule has 2 nitrogen and oxygen atoms in total. The second kappa shape index (κ2) is 3.17. The predicted octanol–water partition coefficient (Wildman–Crippen LogP) is 3.01. The van der Waals surface area contributed by atoms with Gasteiger partial charge in [-0.25, -0.2) is 4.39 Å². The number of rotatable bonds is 0. The first-order valence-corrected chi connectivity index (χ1v) is 4.55. The smallest absolute Gasteiger partial charge is 0.176 e. The van der Waals surface area contributed by atoms with E-state index in [2.05, 4.69) is 4.99 Å². The Morgan fingerprint density at radius 3 is 2.93 bits per heavy atom. The van der Waals surface area contributed by atoms with E-state index < -0.39 is 5.82 Å². The summed E-state index contributed by atoms with van der Waals surface area (Å²) < 4.78 is 13.3. The molecule has 4 heteroatoms. The van der Waals surface area contributed by atoms with Crippen molar-refractivity contribution in [2.24, 2.45) is 10.9 Å². The van der Waals surface area contributed by atoms with Crippen LogP contribution >= 0.6 is 11.6 Å².